The maximum Gasteiger partial charge on any atom is 0.339 e. The molecule has 0 spiro atoms. The number of nitrogens with zero attached hydrogens (tertiary/aromatic N) is 2. The maximum atomic E-state index is 12.5. The highest BCUT2D eigenvalue weighted by atomic mass is 16.5. The normalized spacial score (nSPS) is 14.6. The van der Waals surface area contributed by atoms with Gasteiger partial charge in [-0.15, -0.1) is 0 Å². The molecule has 1 aromatic carbocycles. The fraction of sp³-hybridized carbons (Fsp3) is 0.278. The minimum atomic E-state index is -0.873. The molecule has 6 heteroatoms. The Morgan fingerprint density at radius 1 is 1.17 bits per heavy atom. The van der Waals surface area contributed by atoms with E-state index in [1.165, 1.54) is 30.1 Å². The van der Waals surface area contributed by atoms with Crippen molar-refractivity contribution in [2.75, 3.05) is 6.54 Å². The molecule has 1 aromatic heterocycles. The van der Waals surface area contributed by atoms with E-state index in [0.717, 1.165) is 12.0 Å². The number of hydrogen-bond donors (Lipinski definition) is 0. The number of ether oxygens (including phenoxy) is 1. The number of aromatic nitrogens is 1. The van der Waals surface area contributed by atoms with Gasteiger partial charge in [-0.2, -0.15) is 4.73 Å². The quantitative estimate of drug-likeness (QED) is 0.486. The molecule has 0 fully saturated rings. The van der Waals surface area contributed by atoms with Crippen molar-refractivity contribution >= 4 is 11.9 Å². The molecule has 0 bridgehead atoms. The van der Waals surface area contributed by atoms with Gasteiger partial charge in [0.2, 0.25) is 0 Å². The molecule has 1 amide bonds. The van der Waals surface area contributed by atoms with E-state index in [0.29, 0.717) is 17.8 Å². The summed E-state index contributed by atoms with van der Waals surface area (Å²) in [6, 6.07) is 10.7. The Morgan fingerprint density at radius 2 is 1.83 bits per heavy atom. The summed E-state index contributed by atoms with van der Waals surface area (Å²) in [6.07, 6.45) is 2.35. The number of carbonyl (C=O) groups excluding carboxylic acids is 2. The molecule has 2 aromatic rings. The van der Waals surface area contributed by atoms with Crippen LogP contribution in [0.25, 0.3) is 0 Å². The summed E-state index contributed by atoms with van der Waals surface area (Å²) in [5.41, 5.74) is 2.62. The first-order valence-electron chi connectivity index (χ1n) is 7.80. The molecule has 0 radical (unpaired) electrons. The monoisotopic (exact) mass is 326 g/mol. The van der Waals surface area contributed by atoms with Crippen molar-refractivity contribution in [1.29, 1.82) is 0 Å². The van der Waals surface area contributed by atoms with Gasteiger partial charge in [0.25, 0.3) is 5.91 Å². The van der Waals surface area contributed by atoms with Crippen LogP contribution < -0.4 is 4.73 Å². The Hall–Kier alpha value is -2.89. The largest absolute Gasteiger partial charge is 0.619 e. The zero-order valence-corrected chi connectivity index (χ0v) is 13.3. The van der Waals surface area contributed by atoms with E-state index in [-0.39, 0.29) is 11.5 Å². The number of hydrogen-bond acceptors (Lipinski definition) is 4. The second-order valence-electron chi connectivity index (χ2n) is 5.77. The molecule has 0 saturated carbocycles. The molecular formula is C18H18N2O4. The molecule has 2 heterocycles. The summed E-state index contributed by atoms with van der Waals surface area (Å²) in [6.45, 7) is 2.70. The molecule has 124 valence electrons. The highest BCUT2D eigenvalue weighted by molar-refractivity contribution is 5.92. The fourth-order valence-corrected chi connectivity index (χ4v) is 2.77. The predicted octanol–water partition coefficient (Wildman–Crippen LogP) is 1.45. The first-order valence-corrected chi connectivity index (χ1v) is 7.80. The zero-order valence-electron chi connectivity index (χ0n) is 13.3. The van der Waals surface area contributed by atoms with Crippen molar-refractivity contribution in [3.63, 3.8) is 0 Å². The van der Waals surface area contributed by atoms with Crippen LogP contribution in [0, 0.1) is 5.21 Å². The van der Waals surface area contributed by atoms with E-state index in [4.69, 9.17) is 4.74 Å². The molecule has 1 aliphatic rings. The third-order valence-corrected chi connectivity index (χ3v) is 4.11. The van der Waals surface area contributed by atoms with Gasteiger partial charge in [-0.05, 0) is 24.5 Å². The summed E-state index contributed by atoms with van der Waals surface area (Å²) in [5, 5.41) is 11.0. The Balaban J connectivity index is 1.63. The van der Waals surface area contributed by atoms with Crippen LogP contribution in [0.15, 0.2) is 48.8 Å². The number of rotatable bonds is 3. The SMILES string of the molecule is C[C@H](OC(=O)c1cc[n+]([O-])cc1)C(=O)N1CCc2ccccc2C1. The van der Waals surface area contributed by atoms with E-state index in [1.807, 2.05) is 18.2 Å². The molecule has 24 heavy (non-hydrogen) atoms. The average Bonchev–Trinajstić information content (AvgIpc) is 2.61. The van der Waals surface area contributed by atoms with Crippen molar-refractivity contribution in [2.24, 2.45) is 0 Å². The van der Waals surface area contributed by atoms with Gasteiger partial charge >= 0.3 is 5.97 Å². The summed E-state index contributed by atoms with van der Waals surface area (Å²) in [5.74, 6) is -0.832. The van der Waals surface area contributed by atoms with E-state index < -0.39 is 12.1 Å². The first-order chi connectivity index (χ1) is 11.5. The highest BCUT2D eigenvalue weighted by Crippen LogP contribution is 2.19. The van der Waals surface area contributed by atoms with Gasteiger partial charge in [0.15, 0.2) is 18.5 Å². The Bertz CT molecular complexity index is 758. The minimum absolute atomic E-state index is 0.215. The van der Waals surface area contributed by atoms with Gasteiger partial charge in [0.1, 0.15) is 0 Å². The zero-order chi connectivity index (χ0) is 17.1. The lowest BCUT2D eigenvalue weighted by Crippen LogP contribution is -2.42. The number of pyridine rings is 1. The smallest absolute Gasteiger partial charge is 0.339 e. The Kier molecular flexibility index (Phi) is 4.46. The van der Waals surface area contributed by atoms with Gasteiger partial charge in [-0.25, -0.2) is 4.79 Å². The van der Waals surface area contributed by atoms with Crippen molar-refractivity contribution < 1.29 is 19.1 Å². The van der Waals surface area contributed by atoms with E-state index in [9.17, 15) is 14.8 Å². The summed E-state index contributed by atoms with van der Waals surface area (Å²) in [4.78, 5) is 26.3. The molecular weight excluding hydrogens is 308 g/mol. The lowest BCUT2D eigenvalue weighted by Gasteiger charge is -2.30. The van der Waals surface area contributed by atoms with Crippen LogP contribution in [0.3, 0.4) is 0 Å². The lowest BCUT2D eigenvalue weighted by atomic mass is 9.99. The van der Waals surface area contributed by atoms with Gasteiger partial charge in [0.05, 0.1) is 5.56 Å². The Morgan fingerprint density at radius 3 is 2.54 bits per heavy atom. The van der Waals surface area contributed by atoms with Gasteiger partial charge < -0.3 is 14.8 Å². The van der Waals surface area contributed by atoms with Crippen LogP contribution in [0.1, 0.15) is 28.4 Å². The molecule has 3 rings (SSSR count). The third-order valence-electron chi connectivity index (χ3n) is 4.11. The minimum Gasteiger partial charge on any atom is -0.619 e. The summed E-state index contributed by atoms with van der Waals surface area (Å²) in [7, 11) is 0. The topological polar surface area (TPSA) is 73.5 Å². The molecule has 1 atom stereocenters. The number of benzene rings is 1. The van der Waals surface area contributed by atoms with Crippen LogP contribution in [0.2, 0.25) is 0 Å². The van der Waals surface area contributed by atoms with Crippen molar-refractivity contribution in [3.8, 4) is 0 Å². The Labute approximate surface area is 139 Å². The van der Waals surface area contributed by atoms with Crippen molar-refractivity contribution in [1.82, 2.24) is 4.90 Å². The average molecular weight is 326 g/mol. The summed E-state index contributed by atoms with van der Waals surface area (Å²) >= 11 is 0. The van der Waals surface area contributed by atoms with E-state index >= 15 is 0 Å². The highest BCUT2D eigenvalue weighted by Gasteiger charge is 2.27. The van der Waals surface area contributed by atoms with E-state index in [2.05, 4.69) is 6.07 Å². The van der Waals surface area contributed by atoms with Crippen LogP contribution >= 0.6 is 0 Å². The van der Waals surface area contributed by atoms with Gasteiger partial charge in [-0.1, -0.05) is 24.3 Å². The van der Waals surface area contributed by atoms with Crippen LogP contribution in [0.5, 0.6) is 0 Å². The fourth-order valence-electron chi connectivity index (χ4n) is 2.77. The summed E-state index contributed by atoms with van der Waals surface area (Å²) < 4.78 is 5.82. The molecule has 6 nitrogen and oxygen atoms in total. The van der Waals surface area contributed by atoms with Crippen LogP contribution in [0.4, 0.5) is 0 Å². The lowest BCUT2D eigenvalue weighted by molar-refractivity contribution is -0.605. The molecule has 0 saturated heterocycles. The molecule has 0 N–H and O–H groups in total. The number of amides is 1. The first kappa shape index (κ1) is 16.0. The van der Waals surface area contributed by atoms with Crippen LogP contribution in [-0.4, -0.2) is 29.4 Å². The van der Waals surface area contributed by atoms with Gasteiger partial charge in [-0.3, -0.25) is 4.79 Å². The van der Waals surface area contributed by atoms with E-state index in [1.54, 1.807) is 11.8 Å². The second kappa shape index (κ2) is 6.70. The molecule has 1 aliphatic heterocycles. The number of esters is 1. The molecule has 0 unspecified atom stereocenters. The number of carbonyl (C=O) groups is 2. The maximum absolute atomic E-state index is 12.5. The van der Waals surface area contributed by atoms with Crippen molar-refractivity contribution in [2.45, 2.75) is 26.0 Å². The molecule has 0 aliphatic carbocycles. The second-order valence-corrected chi connectivity index (χ2v) is 5.77. The predicted molar refractivity (Wildman–Crippen MR) is 85.8 cm³/mol. The van der Waals surface area contributed by atoms with Crippen molar-refractivity contribution in [3.05, 3.63) is 70.7 Å². The number of fused-ring (bicyclic) bond motifs is 1. The third kappa shape index (κ3) is 3.37. The van der Waals surface area contributed by atoms with Gasteiger partial charge in [0, 0.05) is 25.2 Å². The van der Waals surface area contributed by atoms with Crippen LogP contribution in [-0.2, 0) is 22.5 Å². The standard InChI is InChI=1S/C18H18N2O4/c1-13(24-18(22)15-7-10-20(23)11-8-15)17(21)19-9-6-14-4-2-3-5-16(14)12-19/h2-5,7-8,10-11,13H,6,9,12H2,1H3/t13-/m0/s1.